The summed E-state index contributed by atoms with van der Waals surface area (Å²) in [5.74, 6) is 3.65. The molecule has 2 fully saturated rings. The third-order valence-corrected chi connectivity index (χ3v) is 4.64. The first kappa shape index (κ1) is 8.87. The monoisotopic (exact) mass is 186 g/mol. The smallest absolute Gasteiger partial charge is 0.0257 e. The van der Waals surface area contributed by atoms with Crippen molar-refractivity contribution in [2.75, 3.05) is 5.88 Å². The van der Waals surface area contributed by atoms with Gasteiger partial charge in [0, 0.05) is 5.88 Å². The Kier molecular flexibility index (Phi) is 2.15. The van der Waals surface area contributed by atoms with E-state index in [1.807, 2.05) is 0 Å². The minimum atomic E-state index is 0.694. The summed E-state index contributed by atoms with van der Waals surface area (Å²) in [4.78, 5) is 0. The van der Waals surface area contributed by atoms with E-state index in [1.54, 1.807) is 0 Å². The van der Waals surface area contributed by atoms with Gasteiger partial charge in [0.2, 0.25) is 0 Å². The van der Waals surface area contributed by atoms with E-state index < -0.39 is 0 Å². The second-order valence-corrected chi connectivity index (χ2v) is 5.38. The lowest BCUT2D eigenvalue weighted by molar-refractivity contribution is 0.167. The molecule has 0 aliphatic heterocycles. The summed E-state index contributed by atoms with van der Waals surface area (Å²) in [5, 5.41) is 0. The van der Waals surface area contributed by atoms with E-state index in [0.717, 1.165) is 23.6 Å². The van der Waals surface area contributed by atoms with Crippen molar-refractivity contribution in [3.05, 3.63) is 0 Å². The van der Waals surface area contributed by atoms with E-state index >= 15 is 0 Å². The largest absolute Gasteiger partial charge is 0.126 e. The maximum atomic E-state index is 5.93. The highest BCUT2D eigenvalue weighted by Crippen LogP contribution is 2.65. The summed E-state index contributed by atoms with van der Waals surface area (Å²) in [6, 6.07) is 0. The molecule has 4 atom stereocenters. The number of halogens is 1. The first-order valence-corrected chi connectivity index (χ1v) is 5.78. The van der Waals surface area contributed by atoms with Crippen LogP contribution in [-0.4, -0.2) is 5.88 Å². The summed E-state index contributed by atoms with van der Waals surface area (Å²) >= 11 is 5.93. The standard InChI is InChI=1S/C11H19Cl/c1-8-3-4-9(2)11(5-8)6-10(11)7-12/h8-10H,3-7H2,1-2H3. The second-order valence-electron chi connectivity index (χ2n) is 5.08. The van der Waals surface area contributed by atoms with Crippen LogP contribution in [0.4, 0.5) is 0 Å². The Bertz CT molecular complexity index is 178. The van der Waals surface area contributed by atoms with E-state index in [-0.39, 0.29) is 0 Å². The third kappa shape index (κ3) is 1.19. The van der Waals surface area contributed by atoms with Crippen LogP contribution in [0.15, 0.2) is 0 Å². The molecule has 2 saturated carbocycles. The molecule has 0 aromatic heterocycles. The van der Waals surface area contributed by atoms with Gasteiger partial charge in [0.15, 0.2) is 0 Å². The molecule has 1 heteroatoms. The number of alkyl halides is 1. The minimum absolute atomic E-state index is 0.694. The van der Waals surface area contributed by atoms with Crippen molar-refractivity contribution < 1.29 is 0 Å². The van der Waals surface area contributed by atoms with Gasteiger partial charge in [-0.3, -0.25) is 0 Å². The summed E-state index contributed by atoms with van der Waals surface area (Å²) < 4.78 is 0. The van der Waals surface area contributed by atoms with Gasteiger partial charge in [-0.15, -0.1) is 11.6 Å². The second kappa shape index (κ2) is 2.90. The predicted molar refractivity (Wildman–Crippen MR) is 53.4 cm³/mol. The van der Waals surface area contributed by atoms with Crippen molar-refractivity contribution in [2.45, 2.75) is 39.5 Å². The molecular formula is C11H19Cl. The van der Waals surface area contributed by atoms with E-state index in [1.165, 1.54) is 25.7 Å². The SMILES string of the molecule is CC1CCC(C)C2(C1)CC2CCl. The first-order chi connectivity index (χ1) is 5.69. The van der Waals surface area contributed by atoms with Gasteiger partial charge in [-0.05, 0) is 42.4 Å². The lowest BCUT2D eigenvalue weighted by Crippen LogP contribution is -2.25. The van der Waals surface area contributed by atoms with Crippen LogP contribution in [0.1, 0.15) is 39.5 Å². The minimum Gasteiger partial charge on any atom is -0.126 e. The lowest BCUT2D eigenvalue weighted by atomic mass is 9.72. The van der Waals surface area contributed by atoms with Gasteiger partial charge in [-0.1, -0.05) is 20.3 Å². The molecule has 70 valence electrons. The molecule has 2 rings (SSSR count). The quantitative estimate of drug-likeness (QED) is 0.548. The van der Waals surface area contributed by atoms with Gasteiger partial charge < -0.3 is 0 Å². The highest BCUT2D eigenvalue weighted by Gasteiger charge is 2.57. The molecule has 2 aliphatic rings. The van der Waals surface area contributed by atoms with Crippen LogP contribution in [-0.2, 0) is 0 Å². The maximum absolute atomic E-state index is 5.93. The molecule has 2 aliphatic carbocycles. The average Bonchev–Trinajstić information content (AvgIpc) is 2.73. The molecule has 12 heavy (non-hydrogen) atoms. The topological polar surface area (TPSA) is 0 Å². The zero-order valence-electron chi connectivity index (χ0n) is 8.15. The highest BCUT2D eigenvalue weighted by molar-refractivity contribution is 6.18. The van der Waals surface area contributed by atoms with Crippen LogP contribution in [0.5, 0.6) is 0 Å². The van der Waals surface area contributed by atoms with E-state index in [2.05, 4.69) is 13.8 Å². The first-order valence-electron chi connectivity index (χ1n) is 5.25. The molecule has 0 radical (unpaired) electrons. The zero-order valence-corrected chi connectivity index (χ0v) is 8.90. The van der Waals surface area contributed by atoms with Crippen molar-refractivity contribution in [3.63, 3.8) is 0 Å². The van der Waals surface area contributed by atoms with Crippen molar-refractivity contribution in [1.82, 2.24) is 0 Å². The lowest BCUT2D eigenvalue weighted by Gasteiger charge is -2.34. The van der Waals surface area contributed by atoms with Gasteiger partial charge in [0.1, 0.15) is 0 Å². The third-order valence-electron chi connectivity index (χ3n) is 4.27. The van der Waals surface area contributed by atoms with E-state index in [0.29, 0.717) is 5.41 Å². The normalized spacial score (nSPS) is 52.8. The van der Waals surface area contributed by atoms with Gasteiger partial charge in [-0.2, -0.15) is 0 Å². The molecule has 0 nitrogen and oxygen atoms in total. The fourth-order valence-corrected chi connectivity index (χ4v) is 3.65. The average molecular weight is 187 g/mol. The molecule has 1 spiro atoms. The number of hydrogen-bond donors (Lipinski definition) is 0. The molecular weight excluding hydrogens is 168 g/mol. The molecule has 0 bridgehead atoms. The molecule has 0 aromatic carbocycles. The fraction of sp³-hybridized carbons (Fsp3) is 1.00. The Morgan fingerprint density at radius 3 is 2.58 bits per heavy atom. The van der Waals surface area contributed by atoms with Gasteiger partial charge >= 0.3 is 0 Å². The Balaban J connectivity index is 2.04. The van der Waals surface area contributed by atoms with Crippen LogP contribution in [0.3, 0.4) is 0 Å². The van der Waals surface area contributed by atoms with Crippen molar-refractivity contribution in [1.29, 1.82) is 0 Å². The van der Waals surface area contributed by atoms with Crippen LogP contribution in [0.25, 0.3) is 0 Å². The number of rotatable bonds is 1. The summed E-state index contributed by atoms with van der Waals surface area (Å²) in [5.41, 5.74) is 0.694. The van der Waals surface area contributed by atoms with E-state index in [9.17, 15) is 0 Å². The number of hydrogen-bond acceptors (Lipinski definition) is 0. The van der Waals surface area contributed by atoms with Crippen LogP contribution < -0.4 is 0 Å². The summed E-state index contributed by atoms with van der Waals surface area (Å²) in [6.07, 6.45) is 5.75. The molecule has 0 aromatic rings. The van der Waals surface area contributed by atoms with Crippen molar-refractivity contribution >= 4 is 11.6 Å². The van der Waals surface area contributed by atoms with Gasteiger partial charge in [0.25, 0.3) is 0 Å². The summed E-state index contributed by atoms with van der Waals surface area (Å²) in [6.45, 7) is 4.83. The molecule has 0 saturated heterocycles. The highest BCUT2D eigenvalue weighted by atomic mass is 35.5. The van der Waals surface area contributed by atoms with E-state index in [4.69, 9.17) is 11.6 Å². The van der Waals surface area contributed by atoms with Gasteiger partial charge in [-0.25, -0.2) is 0 Å². The van der Waals surface area contributed by atoms with Crippen LogP contribution in [0, 0.1) is 23.2 Å². The van der Waals surface area contributed by atoms with Crippen LogP contribution >= 0.6 is 11.6 Å². The Morgan fingerprint density at radius 1 is 1.25 bits per heavy atom. The fourth-order valence-electron chi connectivity index (χ4n) is 3.24. The van der Waals surface area contributed by atoms with Crippen LogP contribution in [0.2, 0.25) is 0 Å². The molecule has 0 heterocycles. The Hall–Kier alpha value is 0.290. The molecule has 4 unspecified atom stereocenters. The molecule has 0 N–H and O–H groups in total. The Morgan fingerprint density at radius 2 is 2.00 bits per heavy atom. The maximum Gasteiger partial charge on any atom is 0.0257 e. The van der Waals surface area contributed by atoms with Crippen molar-refractivity contribution in [2.24, 2.45) is 23.2 Å². The van der Waals surface area contributed by atoms with Crippen molar-refractivity contribution in [3.8, 4) is 0 Å². The predicted octanol–water partition coefficient (Wildman–Crippen LogP) is 3.69. The summed E-state index contributed by atoms with van der Waals surface area (Å²) in [7, 11) is 0. The Labute approximate surface area is 80.7 Å². The zero-order chi connectivity index (χ0) is 8.77. The molecule has 0 amide bonds. The van der Waals surface area contributed by atoms with Gasteiger partial charge in [0.05, 0.1) is 0 Å².